The summed E-state index contributed by atoms with van der Waals surface area (Å²) in [6.45, 7) is 3.36. The zero-order valence-electron chi connectivity index (χ0n) is 9.19. The van der Waals surface area contributed by atoms with Crippen molar-refractivity contribution in [3.8, 4) is 0 Å². The molecule has 1 saturated carbocycles. The average Bonchev–Trinajstić information content (AvgIpc) is 2.43. The van der Waals surface area contributed by atoms with Crippen LogP contribution in [0.1, 0.15) is 32.1 Å². The van der Waals surface area contributed by atoms with Crippen LogP contribution < -0.4 is 0 Å². The minimum absolute atomic E-state index is 0.172. The fourth-order valence-electron chi connectivity index (χ4n) is 2.45. The van der Waals surface area contributed by atoms with Crippen LogP contribution in [0, 0.1) is 5.92 Å². The number of fused-ring (bicyclic) bond motifs is 2. The van der Waals surface area contributed by atoms with Crippen molar-refractivity contribution in [2.24, 2.45) is 5.92 Å². The average molecular weight is 224 g/mol. The summed E-state index contributed by atoms with van der Waals surface area (Å²) in [7, 11) is 0. The van der Waals surface area contributed by atoms with Gasteiger partial charge in [-0.15, -0.1) is 0 Å². The largest absolute Gasteiger partial charge is 0.458 e. The van der Waals surface area contributed by atoms with Gasteiger partial charge >= 0.3 is 11.9 Å². The molecule has 1 aliphatic carbocycles. The normalized spacial score (nSPS) is 33.5. The predicted octanol–water partition coefficient (Wildman–Crippen LogP) is 1.59. The van der Waals surface area contributed by atoms with Crippen molar-refractivity contribution in [2.75, 3.05) is 0 Å². The SMILES string of the molecule is C=CC(=O)OC1CCC2CCC(=O)OC1C2. The first kappa shape index (κ1) is 11.2. The summed E-state index contributed by atoms with van der Waals surface area (Å²) in [4.78, 5) is 22.5. The Bertz CT molecular complexity index is 310. The summed E-state index contributed by atoms with van der Waals surface area (Å²) in [5.41, 5.74) is 0. The Morgan fingerprint density at radius 1 is 1.44 bits per heavy atom. The first-order valence-corrected chi connectivity index (χ1v) is 5.71. The van der Waals surface area contributed by atoms with Crippen molar-refractivity contribution >= 4 is 11.9 Å². The Morgan fingerprint density at radius 2 is 2.25 bits per heavy atom. The molecule has 3 unspecified atom stereocenters. The lowest BCUT2D eigenvalue weighted by molar-refractivity contribution is -0.167. The molecule has 2 rings (SSSR count). The lowest BCUT2D eigenvalue weighted by atomic mass is 9.83. The molecular formula is C12H16O4. The van der Waals surface area contributed by atoms with Gasteiger partial charge in [-0.3, -0.25) is 4.79 Å². The molecular weight excluding hydrogens is 208 g/mol. The van der Waals surface area contributed by atoms with Gasteiger partial charge in [-0.05, 0) is 31.6 Å². The maximum atomic E-state index is 11.3. The number of rotatable bonds is 2. The van der Waals surface area contributed by atoms with Gasteiger partial charge in [-0.1, -0.05) is 6.58 Å². The van der Waals surface area contributed by atoms with Gasteiger partial charge in [0.25, 0.3) is 0 Å². The number of carbonyl (C=O) groups excluding carboxylic acids is 2. The zero-order chi connectivity index (χ0) is 11.5. The monoisotopic (exact) mass is 224 g/mol. The van der Waals surface area contributed by atoms with Crippen molar-refractivity contribution in [1.82, 2.24) is 0 Å². The van der Waals surface area contributed by atoms with Crippen LogP contribution in [0.2, 0.25) is 0 Å². The highest BCUT2D eigenvalue weighted by molar-refractivity contribution is 5.81. The van der Waals surface area contributed by atoms with Gasteiger partial charge in [0, 0.05) is 12.5 Å². The third-order valence-electron chi connectivity index (χ3n) is 3.31. The van der Waals surface area contributed by atoms with E-state index in [1.165, 1.54) is 0 Å². The van der Waals surface area contributed by atoms with Gasteiger partial charge in [-0.25, -0.2) is 4.79 Å². The third-order valence-corrected chi connectivity index (χ3v) is 3.31. The molecule has 1 aliphatic heterocycles. The van der Waals surface area contributed by atoms with Crippen LogP contribution in [0.5, 0.6) is 0 Å². The lowest BCUT2D eigenvalue weighted by Crippen LogP contribution is -2.38. The van der Waals surface area contributed by atoms with Crippen molar-refractivity contribution in [3.05, 3.63) is 12.7 Å². The molecule has 1 saturated heterocycles. The maximum absolute atomic E-state index is 11.3. The highest BCUT2D eigenvalue weighted by Crippen LogP contribution is 2.34. The molecule has 2 fully saturated rings. The van der Waals surface area contributed by atoms with E-state index in [0.29, 0.717) is 12.3 Å². The van der Waals surface area contributed by atoms with E-state index in [1.807, 2.05) is 0 Å². The van der Waals surface area contributed by atoms with Crippen LogP contribution in [-0.4, -0.2) is 24.1 Å². The molecule has 2 bridgehead atoms. The van der Waals surface area contributed by atoms with Crippen LogP contribution in [0.3, 0.4) is 0 Å². The fourth-order valence-corrected chi connectivity index (χ4v) is 2.45. The molecule has 0 radical (unpaired) electrons. The first-order valence-electron chi connectivity index (χ1n) is 5.71. The standard InChI is InChI=1S/C12H16O4/c1-2-11(13)15-9-5-3-8-4-6-12(14)16-10(9)7-8/h2,8-10H,1,3-7H2. The summed E-state index contributed by atoms with van der Waals surface area (Å²) < 4.78 is 10.5. The Balaban J connectivity index is 2.02. The van der Waals surface area contributed by atoms with E-state index < -0.39 is 5.97 Å². The fraction of sp³-hybridized carbons (Fsp3) is 0.667. The summed E-state index contributed by atoms with van der Waals surface area (Å²) in [6, 6.07) is 0. The molecule has 88 valence electrons. The van der Waals surface area contributed by atoms with Crippen LogP contribution in [0.15, 0.2) is 12.7 Å². The Morgan fingerprint density at radius 3 is 3.00 bits per heavy atom. The molecule has 0 N–H and O–H groups in total. The molecule has 0 amide bonds. The van der Waals surface area contributed by atoms with E-state index in [4.69, 9.17) is 9.47 Å². The van der Waals surface area contributed by atoms with Crippen LogP contribution in [0.4, 0.5) is 0 Å². The van der Waals surface area contributed by atoms with E-state index in [1.54, 1.807) is 0 Å². The number of ether oxygens (including phenoxy) is 2. The second-order valence-electron chi connectivity index (χ2n) is 4.43. The molecule has 0 aromatic rings. The van der Waals surface area contributed by atoms with Crippen LogP contribution >= 0.6 is 0 Å². The topological polar surface area (TPSA) is 52.6 Å². The summed E-state index contributed by atoms with van der Waals surface area (Å²) in [5, 5.41) is 0. The van der Waals surface area contributed by atoms with Crippen molar-refractivity contribution in [1.29, 1.82) is 0 Å². The van der Waals surface area contributed by atoms with Gasteiger partial charge in [0.15, 0.2) is 0 Å². The van der Waals surface area contributed by atoms with Crippen molar-refractivity contribution in [3.63, 3.8) is 0 Å². The molecule has 1 heterocycles. The minimum atomic E-state index is -0.441. The molecule has 0 aromatic carbocycles. The van der Waals surface area contributed by atoms with Gasteiger partial charge in [0.05, 0.1) is 0 Å². The summed E-state index contributed by atoms with van der Waals surface area (Å²) in [6.07, 6.45) is 4.60. The van der Waals surface area contributed by atoms with Gasteiger partial charge in [0.1, 0.15) is 12.2 Å². The van der Waals surface area contributed by atoms with Gasteiger partial charge < -0.3 is 9.47 Å². The second kappa shape index (κ2) is 4.68. The number of hydrogen-bond acceptors (Lipinski definition) is 4. The van der Waals surface area contributed by atoms with E-state index in [0.717, 1.165) is 31.8 Å². The molecule has 4 nitrogen and oxygen atoms in total. The third kappa shape index (κ3) is 2.43. The Hall–Kier alpha value is -1.32. The molecule has 3 atom stereocenters. The van der Waals surface area contributed by atoms with E-state index in [-0.39, 0.29) is 18.2 Å². The quantitative estimate of drug-likeness (QED) is 0.528. The molecule has 16 heavy (non-hydrogen) atoms. The van der Waals surface area contributed by atoms with Gasteiger partial charge in [-0.2, -0.15) is 0 Å². The second-order valence-corrected chi connectivity index (χ2v) is 4.43. The highest BCUT2D eigenvalue weighted by atomic mass is 16.6. The van der Waals surface area contributed by atoms with E-state index >= 15 is 0 Å². The van der Waals surface area contributed by atoms with Crippen LogP contribution in [-0.2, 0) is 19.1 Å². The molecule has 4 heteroatoms. The predicted molar refractivity (Wildman–Crippen MR) is 56.5 cm³/mol. The van der Waals surface area contributed by atoms with Crippen molar-refractivity contribution in [2.45, 2.75) is 44.3 Å². The minimum Gasteiger partial charge on any atom is -0.458 e. The maximum Gasteiger partial charge on any atom is 0.330 e. The molecule has 0 aromatic heterocycles. The molecule has 0 spiro atoms. The zero-order valence-corrected chi connectivity index (χ0v) is 9.19. The van der Waals surface area contributed by atoms with Crippen LogP contribution in [0.25, 0.3) is 0 Å². The number of carbonyl (C=O) groups is 2. The smallest absolute Gasteiger partial charge is 0.330 e. The van der Waals surface area contributed by atoms with Crippen molar-refractivity contribution < 1.29 is 19.1 Å². The van der Waals surface area contributed by atoms with Gasteiger partial charge in [0.2, 0.25) is 0 Å². The Labute approximate surface area is 94.6 Å². The number of esters is 2. The summed E-state index contributed by atoms with van der Waals surface area (Å²) >= 11 is 0. The summed E-state index contributed by atoms with van der Waals surface area (Å²) in [5.74, 6) is -0.0760. The van der Waals surface area contributed by atoms with E-state index in [9.17, 15) is 9.59 Å². The first-order chi connectivity index (χ1) is 7.69. The highest BCUT2D eigenvalue weighted by Gasteiger charge is 2.37. The lowest BCUT2D eigenvalue weighted by Gasteiger charge is -2.32. The Kier molecular flexibility index (Phi) is 3.27. The molecule has 2 aliphatic rings. The number of hydrogen-bond donors (Lipinski definition) is 0. The van der Waals surface area contributed by atoms with E-state index in [2.05, 4.69) is 6.58 Å².